The standard InChI is InChI=1S/C28H32N4O2/c1-20-27-30-23-14-8-9-15-24(23)32(27)25(28(34)31(20)19-22-12-6-3-7-13-22)18-26(33)29-17-16-21-10-4-2-5-11-21/h3,6-10,12-15,20,25H,2,4-5,11,16-19H2,1H3,(H,29,33). The molecule has 0 saturated heterocycles. The van der Waals surface area contributed by atoms with Gasteiger partial charge in [-0.2, -0.15) is 0 Å². The lowest BCUT2D eigenvalue weighted by atomic mass is 9.97. The number of nitrogens with zero attached hydrogens (tertiary/aromatic N) is 3. The molecule has 1 aromatic heterocycles. The zero-order chi connectivity index (χ0) is 23.5. The fraction of sp³-hybridized carbons (Fsp3) is 0.393. The van der Waals surface area contributed by atoms with E-state index in [2.05, 4.69) is 11.4 Å². The highest BCUT2D eigenvalue weighted by Gasteiger charge is 2.40. The number of benzene rings is 2. The highest BCUT2D eigenvalue weighted by molar-refractivity contribution is 5.90. The van der Waals surface area contributed by atoms with Gasteiger partial charge >= 0.3 is 0 Å². The number of aromatic nitrogens is 2. The zero-order valence-corrected chi connectivity index (χ0v) is 19.7. The number of imidazole rings is 1. The molecule has 1 N–H and O–H groups in total. The largest absolute Gasteiger partial charge is 0.356 e. The fourth-order valence-corrected chi connectivity index (χ4v) is 5.23. The molecule has 3 aromatic rings. The van der Waals surface area contributed by atoms with Crippen molar-refractivity contribution in [3.63, 3.8) is 0 Å². The third kappa shape index (κ3) is 4.49. The molecule has 2 atom stereocenters. The lowest BCUT2D eigenvalue weighted by Gasteiger charge is -2.38. The van der Waals surface area contributed by atoms with E-state index in [0.29, 0.717) is 13.1 Å². The molecule has 6 heteroatoms. The Morgan fingerprint density at radius 1 is 1.09 bits per heavy atom. The van der Waals surface area contributed by atoms with Crippen LogP contribution in [0, 0.1) is 0 Å². The van der Waals surface area contributed by atoms with Gasteiger partial charge in [0, 0.05) is 13.1 Å². The SMILES string of the molecule is CC1c2nc3ccccc3n2C(CC(=O)NCCC2=CCCCC2)C(=O)N1Cc1ccccc1. The Morgan fingerprint density at radius 2 is 1.88 bits per heavy atom. The van der Waals surface area contributed by atoms with Gasteiger partial charge in [-0.15, -0.1) is 0 Å². The molecule has 2 heterocycles. The highest BCUT2D eigenvalue weighted by Crippen LogP contribution is 2.37. The Morgan fingerprint density at radius 3 is 2.68 bits per heavy atom. The Hall–Kier alpha value is -3.41. The molecule has 6 nitrogen and oxygen atoms in total. The number of allylic oxidation sites excluding steroid dienone is 1. The molecule has 0 bridgehead atoms. The molecule has 0 fully saturated rings. The van der Waals surface area contributed by atoms with Gasteiger partial charge in [-0.3, -0.25) is 9.59 Å². The van der Waals surface area contributed by atoms with Crippen LogP contribution in [0.15, 0.2) is 66.2 Å². The van der Waals surface area contributed by atoms with Gasteiger partial charge in [-0.1, -0.05) is 54.1 Å². The maximum Gasteiger partial charge on any atom is 0.247 e. The van der Waals surface area contributed by atoms with Crippen LogP contribution in [0.4, 0.5) is 0 Å². The predicted octanol–water partition coefficient (Wildman–Crippen LogP) is 5.08. The van der Waals surface area contributed by atoms with Crippen molar-refractivity contribution in [1.29, 1.82) is 0 Å². The third-order valence-electron chi connectivity index (χ3n) is 7.07. The quantitative estimate of drug-likeness (QED) is 0.504. The molecule has 0 saturated carbocycles. The van der Waals surface area contributed by atoms with Gasteiger partial charge in [0.1, 0.15) is 11.9 Å². The number of carbonyl (C=O) groups excluding carboxylic acids is 2. The van der Waals surface area contributed by atoms with Crippen LogP contribution in [0.5, 0.6) is 0 Å². The molecule has 34 heavy (non-hydrogen) atoms. The first-order valence-electron chi connectivity index (χ1n) is 12.4. The van der Waals surface area contributed by atoms with E-state index >= 15 is 0 Å². The Kier molecular flexibility index (Phi) is 6.48. The molecule has 2 amide bonds. The molecule has 5 rings (SSSR count). The highest BCUT2D eigenvalue weighted by atomic mass is 16.2. The monoisotopic (exact) mass is 456 g/mol. The average Bonchev–Trinajstić information content (AvgIpc) is 3.25. The van der Waals surface area contributed by atoms with E-state index in [9.17, 15) is 9.59 Å². The fourth-order valence-electron chi connectivity index (χ4n) is 5.23. The number of para-hydroxylation sites is 2. The van der Waals surface area contributed by atoms with Crippen LogP contribution in [-0.2, 0) is 16.1 Å². The molecular formula is C28H32N4O2. The number of rotatable bonds is 7. The van der Waals surface area contributed by atoms with E-state index in [4.69, 9.17) is 4.98 Å². The number of carbonyl (C=O) groups is 2. The van der Waals surface area contributed by atoms with E-state index in [1.54, 1.807) is 0 Å². The predicted molar refractivity (Wildman–Crippen MR) is 133 cm³/mol. The van der Waals surface area contributed by atoms with Crippen LogP contribution < -0.4 is 5.32 Å². The summed E-state index contributed by atoms with van der Waals surface area (Å²) in [6.45, 7) is 3.14. The van der Waals surface area contributed by atoms with Gasteiger partial charge in [-0.25, -0.2) is 4.98 Å². The maximum atomic E-state index is 13.8. The van der Waals surface area contributed by atoms with Gasteiger partial charge in [0.05, 0.1) is 23.5 Å². The van der Waals surface area contributed by atoms with Crippen LogP contribution in [-0.4, -0.2) is 32.8 Å². The maximum absolute atomic E-state index is 13.8. The van der Waals surface area contributed by atoms with Crippen LogP contribution in [0.1, 0.15) is 68.9 Å². The van der Waals surface area contributed by atoms with Crippen molar-refractivity contribution in [2.75, 3.05) is 6.54 Å². The molecular weight excluding hydrogens is 424 g/mol. The van der Waals surface area contributed by atoms with E-state index in [1.165, 1.54) is 18.4 Å². The van der Waals surface area contributed by atoms with Crippen molar-refractivity contribution < 1.29 is 9.59 Å². The summed E-state index contributed by atoms with van der Waals surface area (Å²) in [5, 5.41) is 3.06. The third-order valence-corrected chi connectivity index (χ3v) is 7.07. The number of hydrogen-bond donors (Lipinski definition) is 1. The summed E-state index contributed by atoms with van der Waals surface area (Å²) in [4.78, 5) is 33.5. The van der Waals surface area contributed by atoms with Crippen LogP contribution in [0.25, 0.3) is 11.0 Å². The summed E-state index contributed by atoms with van der Waals surface area (Å²) in [7, 11) is 0. The van der Waals surface area contributed by atoms with Crippen molar-refractivity contribution >= 4 is 22.8 Å². The summed E-state index contributed by atoms with van der Waals surface area (Å²) < 4.78 is 1.99. The van der Waals surface area contributed by atoms with Crippen LogP contribution in [0.2, 0.25) is 0 Å². The zero-order valence-electron chi connectivity index (χ0n) is 19.7. The smallest absolute Gasteiger partial charge is 0.247 e. The first-order chi connectivity index (χ1) is 16.6. The minimum atomic E-state index is -0.601. The molecule has 1 aliphatic heterocycles. The van der Waals surface area contributed by atoms with E-state index in [1.807, 2.05) is 71.0 Å². The number of fused-ring (bicyclic) bond motifs is 3. The molecule has 176 valence electrons. The normalized spacial score (nSPS) is 20.2. The second-order valence-corrected chi connectivity index (χ2v) is 9.38. The number of nitrogens with one attached hydrogen (secondary N) is 1. The van der Waals surface area contributed by atoms with Crippen molar-refractivity contribution in [3.8, 4) is 0 Å². The average molecular weight is 457 g/mol. The Labute approximate surface area is 200 Å². The molecule has 2 aliphatic rings. The number of amides is 2. The molecule has 1 aliphatic carbocycles. The minimum Gasteiger partial charge on any atom is -0.356 e. The summed E-state index contributed by atoms with van der Waals surface area (Å²) in [6, 6.07) is 17.1. The van der Waals surface area contributed by atoms with Gasteiger partial charge < -0.3 is 14.8 Å². The second-order valence-electron chi connectivity index (χ2n) is 9.38. The number of hydrogen-bond acceptors (Lipinski definition) is 3. The van der Waals surface area contributed by atoms with Crippen molar-refractivity contribution in [3.05, 3.63) is 77.6 Å². The molecule has 0 spiro atoms. The topological polar surface area (TPSA) is 67.2 Å². The van der Waals surface area contributed by atoms with Crippen molar-refractivity contribution in [1.82, 2.24) is 19.8 Å². The summed E-state index contributed by atoms with van der Waals surface area (Å²) in [5.74, 6) is 0.715. The molecule has 2 aromatic carbocycles. The van der Waals surface area contributed by atoms with E-state index in [-0.39, 0.29) is 24.3 Å². The second kappa shape index (κ2) is 9.84. The molecule has 0 radical (unpaired) electrons. The minimum absolute atomic E-state index is 0.0304. The Balaban J connectivity index is 1.39. The Bertz CT molecular complexity index is 1210. The first kappa shape index (κ1) is 22.4. The van der Waals surface area contributed by atoms with Crippen LogP contribution in [0.3, 0.4) is 0 Å². The molecule has 2 unspecified atom stereocenters. The van der Waals surface area contributed by atoms with E-state index < -0.39 is 6.04 Å². The lowest BCUT2D eigenvalue weighted by molar-refractivity contribution is -0.142. The van der Waals surface area contributed by atoms with Gasteiger partial charge in [0.25, 0.3) is 0 Å². The van der Waals surface area contributed by atoms with Gasteiger partial charge in [-0.05, 0) is 56.7 Å². The summed E-state index contributed by atoms with van der Waals surface area (Å²) >= 11 is 0. The van der Waals surface area contributed by atoms with Crippen molar-refractivity contribution in [2.24, 2.45) is 0 Å². The first-order valence-corrected chi connectivity index (χ1v) is 12.4. The van der Waals surface area contributed by atoms with Gasteiger partial charge in [0.2, 0.25) is 11.8 Å². The summed E-state index contributed by atoms with van der Waals surface area (Å²) in [5.41, 5.74) is 4.26. The van der Waals surface area contributed by atoms with Crippen LogP contribution >= 0.6 is 0 Å². The lowest BCUT2D eigenvalue weighted by Crippen LogP contribution is -2.46. The summed E-state index contributed by atoms with van der Waals surface area (Å²) in [6.07, 6.45) is 8.09. The van der Waals surface area contributed by atoms with E-state index in [0.717, 1.165) is 41.7 Å². The van der Waals surface area contributed by atoms with Gasteiger partial charge in [0.15, 0.2) is 0 Å². The van der Waals surface area contributed by atoms with Crippen molar-refractivity contribution in [2.45, 2.75) is 64.1 Å².